The molecule has 6 heteroatoms. The predicted molar refractivity (Wildman–Crippen MR) is 211 cm³/mol. The van der Waals surface area contributed by atoms with Gasteiger partial charge in [0.15, 0.2) is 14.3 Å². The highest BCUT2D eigenvalue weighted by Gasteiger charge is 2.33. The third-order valence-electron chi connectivity index (χ3n) is 9.74. The summed E-state index contributed by atoms with van der Waals surface area (Å²) < 4.78 is 33.3. The number of aromatic nitrogens is 2. The van der Waals surface area contributed by atoms with Crippen LogP contribution in [0.25, 0.3) is 38.4 Å². The molecule has 0 aliphatic carbocycles. The zero-order chi connectivity index (χ0) is 33.7. The van der Waals surface area contributed by atoms with Crippen molar-refractivity contribution in [3.05, 3.63) is 188 Å². The summed E-state index contributed by atoms with van der Waals surface area (Å²) in [4.78, 5) is 3.55. The number of rotatable bonds is 7. The van der Waals surface area contributed by atoms with E-state index >= 15 is 9.13 Å². The quantitative estimate of drug-likeness (QED) is 0.171. The van der Waals surface area contributed by atoms with E-state index in [0.29, 0.717) is 0 Å². The lowest BCUT2D eigenvalue weighted by atomic mass is 10.1. The van der Waals surface area contributed by atoms with Crippen molar-refractivity contribution in [2.75, 3.05) is 0 Å². The molecule has 2 heterocycles. The topological polar surface area (TPSA) is 54.9 Å². The van der Waals surface area contributed by atoms with Crippen LogP contribution in [0.15, 0.2) is 188 Å². The predicted octanol–water partition coefficient (Wildman–Crippen LogP) is 8.54. The summed E-state index contributed by atoms with van der Waals surface area (Å²) in [6, 6.07) is 59.8. The Bertz CT molecular complexity index is 2510. The number of nitrogens with one attached hydrogen (secondary N) is 1. The highest BCUT2D eigenvalue weighted by atomic mass is 31.2. The Morgan fingerprint density at radius 2 is 0.760 bits per heavy atom. The van der Waals surface area contributed by atoms with Crippen LogP contribution in [0, 0.1) is 0 Å². The average molecular weight is 683 g/mol. The first-order valence-electron chi connectivity index (χ1n) is 16.7. The third kappa shape index (κ3) is 4.68. The fraction of sp³-hybridized carbons (Fsp3) is 0. The van der Waals surface area contributed by atoms with E-state index in [9.17, 15) is 0 Å². The lowest BCUT2D eigenvalue weighted by Gasteiger charge is -2.20. The molecule has 0 amide bonds. The number of benzene rings is 7. The molecule has 0 aliphatic heterocycles. The summed E-state index contributed by atoms with van der Waals surface area (Å²) in [7, 11) is -6.52. The molecule has 9 rings (SSSR count). The van der Waals surface area contributed by atoms with Gasteiger partial charge in [-0.2, -0.15) is 0 Å². The second kappa shape index (κ2) is 12.0. The number of aromatic amines is 1. The van der Waals surface area contributed by atoms with E-state index in [0.717, 1.165) is 70.2 Å². The van der Waals surface area contributed by atoms with Crippen molar-refractivity contribution in [2.45, 2.75) is 0 Å². The Kier molecular flexibility index (Phi) is 7.32. The van der Waals surface area contributed by atoms with E-state index in [1.165, 1.54) is 0 Å². The van der Waals surface area contributed by atoms with Crippen LogP contribution >= 0.6 is 14.3 Å². The van der Waals surface area contributed by atoms with Gasteiger partial charge in [-0.25, -0.2) is 0 Å². The monoisotopic (exact) mass is 682 g/mol. The minimum atomic E-state index is -3.26. The number of H-pyrrole nitrogens is 1. The molecular weight excluding hydrogens is 650 g/mol. The molecule has 0 bridgehead atoms. The largest absolute Gasteiger partial charge is 0.347 e. The van der Waals surface area contributed by atoms with Gasteiger partial charge in [0.1, 0.15) is 5.82 Å². The van der Waals surface area contributed by atoms with Crippen LogP contribution < -0.4 is 31.8 Å². The van der Waals surface area contributed by atoms with E-state index in [4.69, 9.17) is 0 Å². The van der Waals surface area contributed by atoms with E-state index in [2.05, 4.69) is 52.0 Å². The highest BCUT2D eigenvalue weighted by molar-refractivity contribution is 7.85. The van der Waals surface area contributed by atoms with Gasteiger partial charge in [0.2, 0.25) is 0 Å². The van der Waals surface area contributed by atoms with Gasteiger partial charge in [-0.1, -0.05) is 146 Å². The molecule has 4 nitrogen and oxygen atoms in total. The molecular formula is C44H32N2O2P2. The molecule has 0 fully saturated rings. The van der Waals surface area contributed by atoms with E-state index < -0.39 is 14.3 Å². The molecule has 1 N–H and O–H groups in total. The van der Waals surface area contributed by atoms with E-state index in [1.54, 1.807) is 0 Å². The van der Waals surface area contributed by atoms with Crippen LogP contribution in [-0.4, -0.2) is 9.55 Å². The van der Waals surface area contributed by atoms with Crippen LogP contribution in [0.2, 0.25) is 0 Å². The second-order valence-electron chi connectivity index (χ2n) is 12.5. The highest BCUT2D eigenvalue weighted by Crippen LogP contribution is 2.46. The second-order valence-corrected chi connectivity index (χ2v) is 18.1. The van der Waals surface area contributed by atoms with Crippen LogP contribution in [0.1, 0.15) is 0 Å². The third-order valence-corrected chi connectivity index (χ3v) is 15.9. The first kappa shape index (κ1) is 30.4. The van der Waals surface area contributed by atoms with Crippen molar-refractivity contribution in [3.8, 4) is 5.82 Å². The Morgan fingerprint density at radius 3 is 1.18 bits per heavy atom. The van der Waals surface area contributed by atoms with E-state index in [-0.39, 0.29) is 0 Å². The molecule has 7 aromatic carbocycles. The molecule has 0 aliphatic rings. The Balaban J connectivity index is 1.37. The minimum absolute atomic E-state index is 0.748. The van der Waals surface area contributed by atoms with Crippen LogP contribution in [0.3, 0.4) is 0 Å². The van der Waals surface area contributed by atoms with E-state index in [1.807, 2.05) is 146 Å². The molecule has 240 valence electrons. The summed E-state index contributed by atoms with van der Waals surface area (Å²) in [5.74, 6) is 0.949. The summed E-state index contributed by atoms with van der Waals surface area (Å²) in [5, 5.41) is 8.71. The number of fused-ring (bicyclic) bond motifs is 4. The van der Waals surface area contributed by atoms with Gasteiger partial charge >= 0.3 is 0 Å². The normalized spacial score (nSPS) is 12.2. The molecule has 0 saturated heterocycles. The van der Waals surface area contributed by atoms with Gasteiger partial charge in [0.25, 0.3) is 0 Å². The van der Waals surface area contributed by atoms with Crippen molar-refractivity contribution in [2.24, 2.45) is 0 Å². The Labute approximate surface area is 290 Å². The van der Waals surface area contributed by atoms with Gasteiger partial charge in [-0.3, -0.25) is 4.57 Å². The SMILES string of the molecule is O=P(c1ccccc1)(c1ccccc1)c1ccc2c(c1)c1cc(P(=O)(c3ccccc3)c3ccccc3)ccc1n2-c1[nH]cc2ccccc12. The number of hydrogen-bond acceptors (Lipinski definition) is 2. The first-order chi connectivity index (χ1) is 24.6. The maximum atomic E-state index is 15.5. The Hall–Kier alpha value is -5.66. The summed E-state index contributed by atoms with van der Waals surface area (Å²) in [5.41, 5.74) is 1.94. The lowest BCUT2D eigenvalue weighted by Crippen LogP contribution is -2.25. The maximum Gasteiger partial charge on any atom is 0.171 e. The molecule has 0 spiro atoms. The molecule has 50 heavy (non-hydrogen) atoms. The smallest absolute Gasteiger partial charge is 0.171 e. The van der Waals surface area contributed by atoms with Gasteiger partial charge in [0, 0.05) is 59.6 Å². The van der Waals surface area contributed by atoms with Crippen LogP contribution in [0.5, 0.6) is 0 Å². The molecule has 0 radical (unpaired) electrons. The average Bonchev–Trinajstić information content (AvgIpc) is 3.76. The number of hydrogen-bond donors (Lipinski definition) is 1. The van der Waals surface area contributed by atoms with Gasteiger partial charge in [-0.05, 0) is 36.4 Å². The van der Waals surface area contributed by atoms with Gasteiger partial charge in [-0.15, -0.1) is 0 Å². The van der Waals surface area contributed by atoms with Crippen molar-refractivity contribution in [3.63, 3.8) is 0 Å². The minimum Gasteiger partial charge on any atom is -0.347 e. The fourth-order valence-electron chi connectivity index (χ4n) is 7.33. The van der Waals surface area contributed by atoms with Crippen molar-refractivity contribution in [1.29, 1.82) is 0 Å². The summed E-state index contributed by atoms with van der Waals surface area (Å²) in [6.45, 7) is 0. The van der Waals surface area contributed by atoms with Gasteiger partial charge < -0.3 is 14.1 Å². The zero-order valence-corrected chi connectivity index (χ0v) is 28.8. The lowest BCUT2D eigenvalue weighted by molar-refractivity contribution is 0.591. The molecule has 0 saturated carbocycles. The summed E-state index contributed by atoms with van der Waals surface area (Å²) >= 11 is 0. The molecule has 0 unspecified atom stereocenters. The number of nitrogens with zero attached hydrogens (tertiary/aromatic N) is 1. The van der Waals surface area contributed by atoms with Gasteiger partial charge in [0.05, 0.1) is 11.0 Å². The van der Waals surface area contributed by atoms with Crippen molar-refractivity contribution >= 4 is 78.7 Å². The van der Waals surface area contributed by atoms with Crippen molar-refractivity contribution in [1.82, 2.24) is 9.55 Å². The van der Waals surface area contributed by atoms with Crippen LogP contribution in [-0.2, 0) is 9.13 Å². The maximum absolute atomic E-state index is 15.5. The molecule has 0 atom stereocenters. The van der Waals surface area contributed by atoms with Crippen molar-refractivity contribution < 1.29 is 9.13 Å². The molecule has 9 aromatic rings. The summed E-state index contributed by atoms with van der Waals surface area (Å²) in [6.07, 6.45) is 2.03. The zero-order valence-electron chi connectivity index (χ0n) is 27.1. The molecule has 2 aromatic heterocycles. The fourth-order valence-corrected chi connectivity index (χ4v) is 12.7. The first-order valence-corrected chi connectivity index (χ1v) is 20.1. The standard InChI is InChI=1S/C44H32N2O2P2/c47-49(33-16-5-1-6-17-33,34-18-7-2-8-19-34)37-25-27-42-40(29-37)41-30-38(50(48,35-20-9-3-10-21-35)36-22-11-4-12-23-36)26-28-43(41)46(42)44-39-24-14-13-15-32(39)31-45-44/h1-31,45H. The van der Waals surface area contributed by atoms with Crippen LogP contribution in [0.4, 0.5) is 0 Å². The Morgan fingerprint density at radius 1 is 0.380 bits per heavy atom.